The molecule has 0 atom stereocenters. The Morgan fingerprint density at radius 1 is 1.10 bits per heavy atom. The SMILES string of the molecule is Cc1c(C(=O)NCc2ccc(C#N)cc2)sc(=O)n1Cc1ccc(C(C)C)cc1. The summed E-state index contributed by atoms with van der Waals surface area (Å²) in [6.45, 7) is 6.88. The van der Waals surface area contributed by atoms with E-state index >= 15 is 0 Å². The van der Waals surface area contributed by atoms with Crippen molar-refractivity contribution < 1.29 is 4.79 Å². The number of nitrogens with one attached hydrogen (secondary N) is 1. The lowest BCUT2D eigenvalue weighted by atomic mass is 10.0. The third kappa shape index (κ3) is 4.82. The van der Waals surface area contributed by atoms with Gasteiger partial charge in [0.15, 0.2) is 0 Å². The van der Waals surface area contributed by atoms with Crippen molar-refractivity contribution in [1.29, 1.82) is 5.26 Å². The first kappa shape index (κ1) is 20.6. The molecular formula is C23H23N3O2S. The van der Waals surface area contributed by atoms with Crippen molar-refractivity contribution in [2.45, 2.75) is 39.8 Å². The molecule has 2 aromatic carbocycles. The molecule has 0 saturated heterocycles. The first-order valence-corrected chi connectivity index (χ1v) is 10.3. The summed E-state index contributed by atoms with van der Waals surface area (Å²) < 4.78 is 1.64. The van der Waals surface area contributed by atoms with Crippen LogP contribution in [0.15, 0.2) is 53.3 Å². The van der Waals surface area contributed by atoms with Gasteiger partial charge in [0.05, 0.1) is 18.2 Å². The van der Waals surface area contributed by atoms with Crippen LogP contribution in [-0.4, -0.2) is 10.5 Å². The monoisotopic (exact) mass is 405 g/mol. The van der Waals surface area contributed by atoms with Crippen LogP contribution in [0.25, 0.3) is 0 Å². The van der Waals surface area contributed by atoms with Gasteiger partial charge in [-0.1, -0.05) is 61.6 Å². The number of aromatic nitrogens is 1. The lowest BCUT2D eigenvalue weighted by molar-refractivity contribution is 0.0954. The number of carbonyl (C=O) groups is 1. The van der Waals surface area contributed by atoms with Crippen molar-refractivity contribution in [3.8, 4) is 6.07 Å². The van der Waals surface area contributed by atoms with Gasteiger partial charge in [0, 0.05) is 12.2 Å². The maximum absolute atomic E-state index is 12.6. The van der Waals surface area contributed by atoms with E-state index in [1.807, 2.05) is 12.1 Å². The molecule has 5 nitrogen and oxygen atoms in total. The van der Waals surface area contributed by atoms with E-state index in [2.05, 4.69) is 37.4 Å². The number of hydrogen-bond donors (Lipinski definition) is 1. The van der Waals surface area contributed by atoms with E-state index in [4.69, 9.17) is 5.26 Å². The Kier molecular flexibility index (Phi) is 6.30. The zero-order valence-corrected chi connectivity index (χ0v) is 17.5. The van der Waals surface area contributed by atoms with Crippen LogP contribution in [0.1, 0.15) is 57.4 Å². The van der Waals surface area contributed by atoms with E-state index in [0.29, 0.717) is 35.1 Å². The molecule has 3 rings (SSSR count). The molecule has 0 aliphatic rings. The Morgan fingerprint density at radius 3 is 2.31 bits per heavy atom. The highest BCUT2D eigenvalue weighted by Crippen LogP contribution is 2.17. The standard InChI is InChI=1S/C23H23N3O2S/c1-15(2)20-10-8-19(9-11-20)14-26-16(3)21(29-23(26)28)22(27)25-13-18-6-4-17(12-24)5-7-18/h4-11,15H,13-14H2,1-3H3,(H,25,27). The summed E-state index contributed by atoms with van der Waals surface area (Å²) >= 11 is 0.970. The van der Waals surface area contributed by atoms with Gasteiger partial charge in [-0.3, -0.25) is 14.2 Å². The van der Waals surface area contributed by atoms with E-state index in [1.165, 1.54) is 5.56 Å². The van der Waals surface area contributed by atoms with Gasteiger partial charge in [-0.25, -0.2) is 0 Å². The maximum Gasteiger partial charge on any atom is 0.308 e. The molecule has 0 spiro atoms. The lowest BCUT2D eigenvalue weighted by Crippen LogP contribution is -2.23. The smallest absolute Gasteiger partial charge is 0.308 e. The molecule has 0 radical (unpaired) electrons. The van der Waals surface area contributed by atoms with Crippen molar-refractivity contribution in [2.75, 3.05) is 0 Å². The van der Waals surface area contributed by atoms with E-state index in [-0.39, 0.29) is 10.8 Å². The van der Waals surface area contributed by atoms with Crippen molar-refractivity contribution in [3.05, 3.63) is 91.0 Å². The number of carbonyl (C=O) groups excluding carboxylic acids is 1. The largest absolute Gasteiger partial charge is 0.347 e. The van der Waals surface area contributed by atoms with Crippen LogP contribution < -0.4 is 10.2 Å². The Morgan fingerprint density at radius 2 is 1.72 bits per heavy atom. The number of amides is 1. The molecule has 148 valence electrons. The molecule has 1 amide bonds. The Balaban J connectivity index is 1.71. The van der Waals surface area contributed by atoms with Crippen molar-refractivity contribution >= 4 is 17.2 Å². The number of benzene rings is 2. The van der Waals surface area contributed by atoms with Gasteiger partial charge in [-0.2, -0.15) is 5.26 Å². The zero-order valence-electron chi connectivity index (χ0n) is 16.7. The maximum atomic E-state index is 12.6. The summed E-state index contributed by atoms with van der Waals surface area (Å²) in [7, 11) is 0. The van der Waals surface area contributed by atoms with Gasteiger partial charge in [0.1, 0.15) is 4.88 Å². The first-order chi connectivity index (χ1) is 13.9. The zero-order chi connectivity index (χ0) is 21.0. The van der Waals surface area contributed by atoms with Crippen LogP contribution in [0, 0.1) is 18.3 Å². The second-order valence-corrected chi connectivity index (χ2v) is 8.22. The molecule has 1 aromatic heterocycles. The molecule has 0 fully saturated rings. The van der Waals surface area contributed by atoms with E-state index in [0.717, 1.165) is 22.5 Å². The van der Waals surface area contributed by atoms with Gasteiger partial charge < -0.3 is 5.32 Å². The molecule has 0 bridgehead atoms. The van der Waals surface area contributed by atoms with Crippen LogP contribution in [0.2, 0.25) is 0 Å². The molecular weight excluding hydrogens is 382 g/mol. The molecule has 3 aromatic rings. The molecule has 6 heteroatoms. The average Bonchev–Trinajstić information content (AvgIpc) is 3.01. The van der Waals surface area contributed by atoms with Crippen LogP contribution in [0.5, 0.6) is 0 Å². The quantitative estimate of drug-likeness (QED) is 0.668. The second kappa shape index (κ2) is 8.89. The Hall–Kier alpha value is -3.17. The summed E-state index contributed by atoms with van der Waals surface area (Å²) in [5, 5.41) is 11.7. The van der Waals surface area contributed by atoms with Crippen molar-refractivity contribution in [1.82, 2.24) is 9.88 Å². The highest BCUT2D eigenvalue weighted by Gasteiger charge is 2.17. The topological polar surface area (TPSA) is 74.9 Å². The fraction of sp³-hybridized carbons (Fsp3) is 0.261. The molecule has 0 aliphatic carbocycles. The summed E-state index contributed by atoms with van der Waals surface area (Å²) in [4.78, 5) is 25.3. The molecule has 0 unspecified atom stereocenters. The average molecular weight is 406 g/mol. The fourth-order valence-corrected chi connectivity index (χ4v) is 3.93. The first-order valence-electron chi connectivity index (χ1n) is 9.45. The van der Waals surface area contributed by atoms with Gasteiger partial charge in [-0.15, -0.1) is 0 Å². The molecule has 1 heterocycles. The number of hydrogen-bond acceptors (Lipinski definition) is 4. The molecule has 1 N–H and O–H groups in total. The summed E-state index contributed by atoms with van der Waals surface area (Å²) in [5.41, 5.74) is 4.43. The number of nitriles is 1. The van der Waals surface area contributed by atoms with Gasteiger partial charge in [-0.05, 0) is 41.7 Å². The predicted molar refractivity (Wildman–Crippen MR) is 115 cm³/mol. The second-order valence-electron chi connectivity index (χ2n) is 7.26. The van der Waals surface area contributed by atoms with E-state index in [9.17, 15) is 9.59 Å². The van der Waals surface area contributed by atoms with Crippen LogP contribution >= 0.6 is 11.3 Å². The number of nitrogens with zero attached hydrogens (tertiary/aromatic N) is 2. The highest BCUT2D eigenvalue weighted by atomic mass is 32.1. The normalized spacial score (nSPS) is 10.7. The Bertz CT molecular complexity index is 1100. The lowest BCUT2D eigenvalue weighted by Gasteiger charge is -2.09. The van der Waals surface area contributed by atoms with Crippen LogP contribution in [0.3, 0.4) is 0 Å². The Labute approximate surface area is 174 Å². The van der Waals surface area contributed by atoms with Crippen LogP contribution in [0.4, 0.5) is 0 Å². The predicted octanol–water partition coefficient (Wildman–Crippen LogP) is 4.19. The van der Waals surface area contributed by atoms with Crippen molar-refractivity contribution in [3.63, 3.8) is 0 Å². The van der Waals surface area contributed by atoms with Gasteiger partial charge in [0.25, 0.3) is 5.91 Å². The minimum absolute atomic E-state index is 0.140. The van der Waals surface area contributed by atoms with E-state index in [1.54, 1.807) is 35.8 Å². The summed E-state index contributed by atoms with van der Waals surface area (Å²) in [6.07, 6.45) is 0. The molecule has 0 aliphatic heterocycles. The molecule has 29 heavy (non-hydrogen) atoms. The fourth-order valence-electron chi connectivity index (χ4n) is 3.02. The minimum Gasteiger partial charge on any atom is -0.347 e. The third-order valence-electron chi connectivity index (χ3n) is 4.87. The van der Waals surface area contributed by atoms with Gasteiger partial charge in [0.2, 0.25) is 0 Å². The number of thiazole rings is 1. The summed E-state index contributed by atoms with van der Waals surface area (Å²) in [6, 6.07) is 17.3. The number of rotatable bonds is 6. The molecule has 0 saturated carbocycles. The van der Waals surface area contributed by atoms with Crippen molar-refractivity contribution in [2.24, 2.45) is 0 Å². The minimum atomic E-state index is -0.261. The van der Waals surface area contributed by atoms with Gasteiger partial charge >= 0.3 is 4.87 Å². The van der Waals surface area contributed by atoms with E-state index < -0.39 is 0 Å². The van der Waals surface area contributed by atoms with Crippen LogP contribution in [-0.2, 0) is 13.1 Å². The highest BCUT2D eigenvalue weighted by molar-refractivity contribution is 7.11. The third-order valence-corrected chi connectivity index (χ3v) is 5.95. The summed E-state index contributed by atoms with van der Waals surface area (Å²) in [5.74, 6) is 0.198.